The van der Waals surface area contributed by atoms with Crippen molar-refractivity contribution in [1.82, 2.24) is 4.98 Å². The van der Waals surface area contributed by atoms with Gasteiger partial charge in [0.05, 0.1) is 18.9 Å². The molecule has 4 N–H and O–H groups in total. The number of carbonyl (C=O) groups is 1. The van der Waals surface area contributed by atoms with Gasteiger partial charge in [-0.2, -0.15) is 13.2 Å². The van der Waals surface area contributed by atoms with E-state index < -0.39 is 22.0 Å². The third-order valence-corrected chi connectivity index (χ3v) is 8.48. The Labute approximate surface area is 195 Å². The number of nitrogen functional groups attached to an aromatic ring is 1. The van der Waals surface area contributed by atoms with Gasteiger partial charge in [-0.3, -0.25) is 10.4 Å². The Morgan fingerprint density at radius 3 is 2.39 bits per heavy atom. The number of aliphatic carboxylic acids is 1. The third-order valence-electron chi connectivity index (χ3n) is 4.14. The van der Waals surface area contributed by atoms with E-state index in [2.05, 4.69) is 4.98 Å². The van der Waals surface area contributed by atoms with E-state index in [9.17, 15) is 21.6 Å². The molecule has 2 heterocycles. The van der Waals surface area contributed by atoms with Gasteiger partial charge in [0.2, 0.25) is 9.84 Å². The minimum Gasteiger partial charge on any atom is -0.475 e. The van der Waals surface area contributed by atoms with Crippen LogP contribution in [0, 0.1) is 12.3 Å². The van der Waals surface area contributed by atoms with Gasteiger partial charge in [-0.25, -0.2) is 13.2 Å². The van der Waals surface area contributed by atoms with Crippen LogP contribution < -0.4 is 5.73 Å². The summed E-state index contributed by atoms with van der Waals surface area (Å²) in [7, 11) is -3.72. The Morgan fingerprint density at radius 2 is 1.88 bits per heavy atom. The first-order valence-corrected chi connectivity index (χ1v) is 12.4. The second-order valence-electron chi connectivity index (χ2n) is 6.40. The van der Waals surface area contributed by atoms with Crippen molar-refractivity contribution in [3.63, 3.8) is 0 Å². The van der Waals surface area contributed by atoms with Gasteiger partial charge >= 0.3 is 12.1 Å². The lowest BCUT2D eigenvalue weighted by Gasteiger charge is -2.09. The van der Waals surface area contributed by atoms with E-state index in [-0.39, 0.29) is 15.6 Å². The minimum atomic E-state index is -5.08. The average Bonchev–Trinajstić information content (AvgIpc) is 3.20. The van der Waals surface area contributed by atoms with Crippen LogP contribution in [0.25, 0.3) is 11.1 Å². The molecule has 2 aromatic heterocycles. The van der Waals surface area contributed by atoms with Crippen LogP contribution in [0.4, 0.5) is 13.2 Å². The van der Waals surface area contributed by atoms with Crippen LogP contribution in [-0.2, 0) is 14.6 Å². The molecule has 3 rings (SSSR count). The second kappa shape index (κ2) is 10.4. The Morgan fingerprint density at radius 1 is 1.24 bits per heavy atom. The Hall–Kier alpha value is -2.90. The van der Waals surface area contributed by atoms with Crippen molar-refractivity contribution in [2.24, 2.45) is 5.73 Å². The molecule has 0 spiro atoms. The number of rotatable bonds is 5. The molecule has 7 nitrogen and oxygen atoms in total. The van der Waals surface area contributed by atoms with E-state index in [0.29, 0.717) is 9.09 Å². The number of carboxylic acid groups (broad SMARTS) is 1. The summed E-state index contributed by atoms with van der Waals surface area (Å²) in [5.41, 5.74) is 8.24. The number of halogens is 3. The predicted octanol–water partition coefficient (Wildman–Crippen LogP) is 4.59. The SMILES string of the molecule is CSc1sc(C(=N)N)cc1S(=O)(=O)c1cccc(-c2cnccc2C)c1.O=C(O)C(F)(F)F. The van der Waals surface area contributed by atoms with Gasteiger partial charge < -0.3 is 10.8 Å². The number of nitrogens with one attached hydrogen (secondary N) is 1. The van der Waals surface area contributed by atoms with Gasteiger partial charge in [0.15, 0.2) is 0 Å². The summed E-state index contributed by atoms with van der Waals surface area (Å²) in [6.07, 6.45) is 0.163. The van der Waals surface area contributed by atoms with Crippen LogP contribution in [-0.4, -0.2) is 42.7 Å². The summed E-state index contributed by atoms with van der Waals surface area (Å²) in [5, 5.41) is 14.7. The summed E-state index contributed by atoms with van der Waals surface area (Å²) in [5.74, 6) is -2.89. The summed E-state index contributed by atoms with van der Waals surface area (Å²) < 4.78 is 58.7. The zero-order chi connectivity index (χ0) is 25.0. The first-order valence-electron chi connectivity index (χ1n) is 8.87. The molecule has 0 aliphatic heterocycles. The lowest BCUT2D eigenvalue weighted by Crippen LogP contribution is -2.21. The number of nitrogens with two attached hydrogens (primary N) is 1. The van der Waals surface area contributed by atoms with Crippen molar-refractivity contribution >= 4 is 44.7 Å². The molecule has 13 heteroatoms. The standard InChI is InChI=1S/C18H17N3O2S3.C2HF3O2/c1-11-6-7-21-10-14(11)12-4-3-5-13(8-12)26(22,23)16-9-15(17(19)20)25-18(16)24-2;3-2(4,5)1(6)7/h3-10H,1-2H3,(H3,19,20);(H,6,7). The predicted molar refractivity (Wildman–Crippen MR) is 121 cm³/mol. The van der Waals surface area contributed by atoms with Crippen LogP contribution in [0.15, 0.2) is 62.8 Å². The summed E-state index contributed by atoms with van der Waals surface area (Å²) >= 11 is 2.55. The monoisotopic (exact) mass is 517 g/mol. The number of aromatic nitrogens is 1. The zero-order valence-corrected chi connectivity index (χ0v) is 19.6. The molecule has 0 saturated heterocycles. The normalized spacial score (nSPS) is 11.4. The number of hydrogen-bond donors (Lipinski definition) is 3. The highest BCUT2D eigenvalue weighted by atomic mass is 32.2. The number of sulfone groups is 1. The van der Waals surface area contributed by atoms with Crippen LogP contribution in [0.1, 0.15) is 10.4 Å². The lowest BCUT2D eigenvalue weighted by molar-refractivity contribution is -0.192. The number of aryl methyl sites for hydroxylation is 1. The first kappa shape index (κ1) is 26.4. The van der Waals surface area contributed by atoms with E-state index in [1.165, 1.54) is 29.2 Å². The molecule has 0 unspecified atom stereocenters. The van der Waals surface area contributed by atoms with Crippen molar-refractivity contribution < 1.29 is 31.5 Å². The van der Waals surface area contributed by atoms with E-state index in [4.69, 9.17) is 21.0 Å². The van der Waals surface area contributed by atoms with E-state index in [0.717, 1.165) is 16.7 Å². The zero-order valence-electron chi connectivity index (χ0n) is 17.2. The van der Waals surface area contributed by atoms with Gasteiger partial charge in [-0.15, -0.1) is 23.1 Å². The largest absolute Gasteiger partial charge is 0.490 e. The average molecular weight is 518 g/mol. The molecule has 0 aliphatic carbocycles. The molecule has 0 bridgehead atoms. The highest BCUT2D eigenvalue weighted by Crippen LogP contribution is 2.37. The van der Waals surface area contributed by atoms with Crippen LogP contribution in [0.3, 0.4) is 0 Å². The second-order valence-corrected chi connectivity index (χ2v) is 10.5. The fourth-order valence-electron chi connectivity index (χ4n) is 2.54. The van der Waals surface area contributed by atoms with Gasteiger partial charge in [0, 0.05) is 18.0 Å². The van der Waals surface area contributed by atoms with Gasteiger partial charge in [-0.05, 0) is 48.6 Å². The number of thioether (sulfide) groups is 1. The van der Waals surface area contributed by atoms with Crippen LogP contribution in [0.2, 0.25) is 0 Å². The first-order chi connectivity index (χ1) is 15.3. The molecule has 1 aromatic carbocycles. The van der Waals surface area contributed by atoms with E-state index in [1.54, 1.807) is 30.6 Å². The van der Waals surface area contributed by atoms with Gasteiger partial charge in [-0.1, -0.05) is 12.1 Å². The molecule has 0 amide bonds. The molecule has 33 heavy (non-hydrogen) atoms. The molecule has 0 saturated carbocycles. The molecule has 0 fully saturated rings. The Balaban J connectivity index is 0.000000479. The lowest BCUT2D eigenvalue weighted by atomic mass is 10.0. The number of thiophene rings is 1. The molecule has 0 atom stereocenters. The van der Waals surface area contributed by atoms with Crippen molar-refractivity contribution in [1.29, 1.82) is 5.41 Å². The van der Waals surface area contributed by atoms with Crippen molar-refractivity contribution in [2.45, 2.75) is 27.1 Å². The molecule has 176 valence electrons. The number of nitrogens with zero attached hydrogens (tertiary/aromatic N) is 1. The summed E-state index contributed by atoms with van der Waals surface area (Å²) in [6, 6.07) is 10.2. The summed E-state index contributed by atoms with van der Waals surface area (Å²) in [4.78, 5) is 13.9. The maximum Gasteiger partial charge on any atom is 0.490 e. The third kappa shape index (κ3) is 6.33. The number of hydrogen-bond acceptors (Lipinski definition) is 7. The maximum atomic E-state index is 13.2. The van der Waals surface area contributed by atoms with Gasteiger partial charge in [0.1, 0.15) is 5.84 Å². The summed E-state index contributed by atoms with van der Waals surface area (Å²) in [6.45, 7) is 1.96. The van der Waals surface area contributed by atoms with Crippen molar-refractivity contribution in [3.8, 4) is 11.1 Å². The van der Waals surface area contributed by atoms with E-state index in [1.807, 2.05) is 25.3 Å². The Bertz CT molecular complexity index is 1290. The fraction of sp³-hybridized carbons (Fsp3) is 0.150. The topological polar surface area (TPSA) is 134 Å². The smallest absolute Gasteiger partial charge is 0.475 e. The van der Waals surface area contributed by atoms with Crippen molar-refractivity contribution in [3.05, 3.63) is 59.2 Å². The van der Waals surface area contributed by atoms with Crippen LogP contribution >= 0.6 is 23.1 Å². The highest BCUT2D eigenvalue weighted by molar-refractivity contribution is 8.01. The minimum absolute atomic E-state index is 0.133. The number of benzene rings is 1. The molecule has 3 aromatic rings. The van der Waals surface area contributed by atoms with Crippen molar-refractivity contribution in [2.75, 3.05) is 6.26 Å². The number of pyridine rings is 1. The number of alkyl halides is 3. The molecular weight excluding hydrogens is 499 g/mol. The maximum absolute atomic E-state index is 13.2. The van der Waals surface area contributed by atoms with E-state index >= 15 is 0 Å². The number of carboxylic acids is 1. The number of amidine groups is 1. The fourth-order valence-corrected chi connectivity index (χ4v) is 6.45. The quantitative estimate of drug-likeness (QED) is 0.256. The highest BCUT2D eigenvalue weighted by Gasteiger charge is 2.38. The van der Waals surface area contributed by atoms with Crippen LogP contribution in [0.5, 0.6) is 0 Å². The Kier molecular flexibility index (Phi) is 8.27. The van der Waals surface area contributed by atoms with Gasteiger partial charge in [0.25, 0.3) is 0 Å². The molecule has 0 aliphatic rings. The molecule has 0 radical (unpaired) electrons. The molecular formula is C20H18F3N3O4S3.